The Morgan fingerprint density at radius 1 is 1.31 bits per heavy atom. The molecule has 0 radical (unpaired) electrons. The monoisotopic (exact) mass is 508 g/mol. The average molecular weight is 509 g/mol. The Bertz CT molecular complexity index is 1320. The van der Waals surface area contributed by atoms with Gasteiger partial charge >= 0.3 is 0 Å². The number of hydrogen-bond donors (Lipinski definition) is 1. The van der Waals surface area contributed by atoms with E-state index in [0.29, 0.717) is 24.1 Å². The van der Waals surface area contributed by atoms with Crippen molar-refractivity contribution in [1.82, 2.24) is 0 Å². The molecule has 7 nitrogen and oxygen atoms in total. The van der Waals surface area contributed by atoms with Gasteiger partial charge < -0.3 is 5.73 Å². The highest BCUT2D eigenvalue weighted by Crippen LogP contribution is 2.53. The number of ketones is 1. The van der Waals surface area contributed by atoms with E-state index in [4.69, 9.17) is 5.73 Å². The third-order valence-electron chi connectivity index (χ3n) is 6.41. The van der Waals surface area contributed by atoms with Gasteiger partial charge in [0.05, 0.1) is 26.7 Å². The minimum atomic E-state index is -0.580. The molecule has 0 fully saturated rings. The van der Waals surface area contributed by atoms with Gasteiger partial charge in [-0.3, -0.25) is 19.8 Å². The highest BCUT2D eigenvalue weighted by atomic mass is 32.2. The van der Waals surface area contributed by atoms with E-state index < -0.39 is 10.8 Å². The van der Waals surface area contributed by atoms with E-state index in [1.165, 1.54) is 10.9 Å². The summed E-state index contributed by atoms with van der Waals surface area (Å²) >= 11 is 3.39. The van der Waals surface area contributed by atoms with E-state index in [0.717, 1.165) is 21.9 Å². The number of benzene rings is 1. The summed E-state index contributed by atoms with van der Waals surface area (Å²) in [6.45, 7) is 8.19. The zero-order valence-corrected chi connectivity index (χ0v) is 21.9. The smallest absolute Gasteiger partial charge is 0.293 e. The number of hydrogen-bond acceptors (Lipinski definition) is 8. The Morgan fingerprint density at radius 3 is 2.66 bits per heavy atom. The Kier molecular flexibility index (Phi) is 6.80. The zero-order chi connectivity index (χ0) is 25.5. The van der Waals surface area contributed by atoms with Gasteiger partial charge in [0.25, 0.3) is 5.69 Å². The summed E-state index contributed by atoms with van der Waals surface area (Å²) < 4.78 is 1.08. The quantitative estimate of drug-likeness (QED) is 0.278. The summed E-state index contributed by atoms with van der Waals surface area (Å²) in [5.74, 6) is 0.386. The number of nitrogens with zero attached hydrogens (tertiary/aromatic N) is 3. The van der Waals surface area contributed by atoms with Crippen molar-refractivity contribution in [3.8, 4) is 6.07 Å². The van der Waals surface area contributed by atoms with Gasteiger partial charge in [-0.15, -0.1) is 23.1 Å². The highest BCUT2D eigenvalue weighted by Gasteiger charge is 2.46. The van der Waals surface area contributed by atoms with Crippen LogP contribution >= 0.6 is 23.1 Å². The minimum absolute atomic E-state index is 0.0400. The number of Topliss-reactive ketones (excluding diaryl/α,β-unsaturated/α-hetero) is 1. The molecule has 9 heteroatoms. The molecular weight excluding hydrogens is 480 g/mol. The van der Waals surface area contributed by atoms with Crippen LogP contribution in [0.25, 0.3) is 0 Å². The number of thioether (sulfide) groups is 1. The topological polar surface area (TPSA) is 113 Å². The fraction of sp³-hybridized carbons (Fsp3) is 0.385. The maximum absolute atomic E-state index is 13.7. The fourth-order valence-corrected chi connectivity index (χ4v) is 7.34. The first-order chi connectivity index (χ1) is 16.6. The van der Waals surface area contributed by atoms with Gasteiger partial charge in [0, 0.05) is 28.6 Å². The molecule has 1 aromatic heterocycles. The number of anilines is 1. The maximum Gasteiger partial charge on any atom is 0.293 e. The number of nitro groups is 1. The van der Waals surface area contributed by atoms with Gasteiger partial charge in [-0.1, -0.05) is 39.8 Å². The molecule has 2 N–H and O–H groups in total. The number of nitrogens with two attached hydrogens (primary N) is 1. The van der Waals surface area contributed by atoms with Gasteiger partial charge in [-0.2, -0.15) is 5.26 Å². The number of aryl methyl sites for hydroxylation is 1. The summed E-state index contributed by atoms with van der Waals surface area (Å²) in [5.41, 5.74) is 8.84. The lowest BCUT2D eigenvalue weighted by Crippen LogP contribution is -2.42. The van der Waals surface area contributed by atoms with Crippen LogP contribution in [-0.4, -0.2) is 16.5 Å². The highest BCUT2D eigenvalue weighted by molar-refractivity contribution is 8.01. The molecule has 1 aliphatic carbocycles. The number of rotatable bonds is 6. The number of carbonyl (C=O) groups is 1. The van der Waals surface area contributed by atoms with Crippen LogP contribution in [0.15, 0.2) is 57.2 Å². The molecule has 1 aromatic carbocycles. The van der Waals surface area contributed by atoms with Crippen molar-refractivity contribution in [1.29, 1.82) is 5.26 Å². The van der Waals surface area contributed by atoms with Gasteiger partial charge in [0.2, 0.25) is 0 Å². The number of thiophene rings is 1. The average Bonchev–Trinajstić information content (AvgIpc) is 3.20. The van der Waals surface area contributed by atoms with Crippen LogP contribution in [0.3, 0.4) is 0 Å². The SMILES string of the molecule is CCSc1sc(CC)cc1C1C(C#N)=C(N)N(c2ccccc2[N+](=O)[O-])C2=C1C(=O)CC(C)(C)C2. The van der Waals surface area contributed by atoms with Gasteiger partial charge in [0.1, 0.15) is 11.5 Å². The van der Waals surface area contributed by atoms with E-state index in [1.54, 1.807) is 46.2 Å². The summed E-state index contributed by atoms with van der Waals surface area (Å²) in [4.78, 5) is 27.9. The Labute approximate surface area is 213 Å². The van der Waals surface area contributed by atoms with Crippen molar-refractivity contribution in [3.05, 3.63) is 73.6 Å². The molecule has 0 spiro atoms. The molecule has 35 heavy (non-hydrogen) atoms. The van der Waals surface area contributed by atoms with E-state index >= 15 is 0 Å². The summed E-state index contributed by atoms with van der Waals surface area (Å²) in [6, 6.07) is 10.7. The lowest BCUT2D eigenvalue weighted by atomic mass is 9.69. The largest absolute Gasteiger partial charge is 0.384 e. The Morgan fingerprint density at radius 2 is 2.03 bits per heavy atom. The molecule has 0 amide bonds. The molecule has 0 saturated carbocycles. The molecule has 1 unspecified atom stereocenters. The van der Waals surface area contributed by atoms with Crippen LogP contribution < -0.4 is 10.6 Å². The number of allylic oxidation sites excluding steroid dienone is 3. The lowest BCUT2D eigenvalue weighted by Gasteiger charge is -2.43. The summed E-state index contributed by atoms with van der Waals surface area (Å²) in [6.07, 6.45) is 1.70. The van der Waals surface area contributed by atoms with E-state index in [2.05, 4.69) is 26.0 Å². The third-order valence-corrected chi connectivity index (χ3v) is 8.89. The van der Waals surface area contributed by atoms with Gasteiger partial charge in [0.15, 0.2) is 5.78 Å². The van der Waals surface area contributed by atoms with Crippen molar-refractivity contribution in [3.63, 3.8) is 0 Å². The Balaban J connectivity index is 2.05. The van der Waals surface area contributed by atoms with Crippen molar-refractivity contribution >= 4 is 40.3 Å². The zero-order valence-electron chi connectivity index (χ0n) is 20.3. The van der Waals surface area contributed by atoms with Crippen LogP contribution in [0.5, 0.6) is 0 Å². The molecular formula is C26H28N4O3S2. The summed E-state index contributed by atoms with van der Waals surface area (Å²) in [5, 5.41) is 22.2. The van der Waals surface area contributed by atoms with Crippen molar-refractivity contribution in [2.75, 3.05) is 10.7 Å². The third kappa shape index (κ3) is 4.37. The number of para-hydroxylation sites is 2. The molecule has 4 rings (SSSR count). The molecule has 1 atom stereocenters. The number of nitro benzene ring substituents is 1. The lowest BCUT2D eigenvalue weighted by molar-refractivity contribution is -0.384. The van der Waals surface area contributed by atoms with Gasteiger partial charge in [-0.25, -0.2) is 0 Å². The molecule has 0 bridgehead atoms. The minimum Gasteiger partial charge on any atom is -0.384 e. The maximum atomic E-state index is 13.7. The standard InChI is InChI=1S/C26H28N4O3S2/c1-5-15-11-16(25(35-15)34-6-2)22-17(14-27)24(28)29(18-9-7-8-10-19(18)30(32)33)20-12-26(3,4)13-21(31)23(20)22/h7-11,22H,5-6,12-13,28H2,1-4H3. The van der Waals surface area contributed by atoms with Crippen molar-refractivity contribution in [2.24, 2.45) is 11.1 Å². The molecule has 2 aliphatic rings. The second-order valence-electron chi connectivity index (χ2n) is 9.47. The molecule has 2 heterocycles. The van der Waals surface area contributed by atoms with Crippen LogP contribution in [0, 0.1) is 26.9 Å². The van der Waals surface area contributed by atoms with Crippen LogP contribution in [0.4, 0.5) is 11.4 Å². The first-order valence-electron chi connectivity index (χ1n) is 11.6. The van der Waals surface area contributed by atoms with Crippen molar-refractivity contribution in [2.45, 2.75) is 57.1 Å². The summed E-state index contributed by atoms with van der Waals surface area (Å²) in [7, 11) is 0. The first-order valence-corrected chi connectivity index (χ1v) is 13.4. The van der Waals surface area contributed by atoms with Gasteiger partial charge in [-0.05, 0) is 41.7 Å². The van der Waals surface area contributed by atoms with Crippen LogP contribution in [0.1, 0.15) is 56.9 Å². The second-order valence-corrected chi connectivity index (χ2v) is 12.1. The van der Waals surface area contributed by atoms with E-state index in [9.17, 15) is 20.2 Å². The molecule has 2 aromatic rings. The molecule has 0 saturated heterocycles. The van der Waals surface area contributed by atoms with E-state index in [1.807, 2.05) is 13.8 Å². The normalized spacial score (nSPS) is 19.6. The number of nitriles is 1. The van der Waals surface area contributed by atoms with Crippen LogP contribution in [-0.2, 0) is 11.2 Å². The molecule has 182 valence electrons. The first kappa shape index (κ1) is 25.0. The van der Waals surface area contributed by atoms with Crippen molar-refractivity contribution < 1.29 is 9.72 Å². The predicted octanol–water partition coefficient (Wildman–Crippen LogP) is 6.27. The predicted molar refractivity (Wildman–Crippen MR) is 140 cm³/mol. The second kappa shape index (κ2) is 9.51. The van der Waals surface area contributed by atoms with E-state index in [-0.39, 0.29) is 34.0 Å². The fourth-order valence-electron chi connectivity index (χ4n) is 4.96. The Hall–Kier alpha value is -3.09. The number of carbonyl (C=O) groups excluding carboxylic acids is 1. The molecule has 1 aliphatic heterocycles. The van der Waals surface area contributed by atoms with Crippen LogP contribution in [0.2, 0.25) is 0 Å².